The number of para-hydroxylation sites is 1. The SMILES string of the molecule is Cc1cc(C(=O)COC(=O)c2ccccc2OC(F)F)c(C)n1Cc1ccco1. The van der Waals surface area contributed by atoms with Crippen LogP contribution in [0.2, 0.25) is 0 Å². The lowest BCUT2D eigenvalue weighted by Gasteiger charge is -2.10. The van der Waals surface area contributed by atoms with Crippen molar-refractivity contribution in [1.29, 1.82) is 0 Å². The zero-order valence-electron chi connectivity index (χ0n) is 15.9. The van der Waals surface area contributed by atoms with Gasteiger partial charge in [0.2, 0.25) is 5.78 Å². The highest BCUT2D eigenvalue weighted by molar-refractivity contribution is 6.01. The molecule has 0 aliphatic heterocycles. The van der Waals surface area contributed by atoms with Gasteiger partial charge in [-0.3, -0.25) is 4.79 Å². The summed E-state index contributed by atoms with van der Waals surface area (Å²) in [4.78, 5) is 24.8. The maximum Gasteiger partial charge on any atom is 0.387 e. The van der Waals surface area contributed by atoms with Crippen LogP contribution in [0, 0.1) is 13.8 Å². The lowest BCUT2D eigenvalue weighted by atomic mass is 10.1. The van der Waals surface area contributed by atoms with E-state index in [-0.39, 0.29) is 11.3 Å². The van der Waals surface area contributed by atoms with Crippen LogP contribution in [0.3, 0.4) is 0 Å². The number of hydrogen-bond donors (Lipinski definition) is 0. The number of furan rings is 1. The van der Waals surface area contributed by atoms with E-state index in [9.17, 15) is 18.4 Å². The number of esters is 1. The summed E-state index contributed by atoms with van der Waals surface area (Å²) >= 11 is 0. The van der Waals surface area contributed by atoms with E-state index < -0.39 is 25.0 Å². The van der Waals surface area contributed by atoms with Gasteiger partial charge in [-0.2, -0.15) is 8.78 Å². The number of aryl methyl sites for hydroxylation is 1. The van der Waals surface area contributed by atoms with E-state index in [1.54, 1.807) is 25.3 Å². The lowest BCUT2D eigenvalue weighted by Crippen LogP contribution is -2.16. The first-order chi connectivity index (χ1) is 13.9. The van der Waals surface area contributed by atoms with Gasteiger partial charge in [-0.15, -0.1) is 0 Å². The Morgan fingerprint density at radius 3 is 2.55 bits per heavy atom. The number of alkyl halides is 2. The van der Waals surface area contributed by atoms with E-state index in [0.717, 1.165) is 11.5 Å². The van der Waals surface area contributed by atoms with E-state index in [4.69, 9.17) is 9.15 Å². The number of aromatic nitrogens is 1. The van der Waals surface area contributed by atoms with Crippen molar-refractivity contribution >= 4 is 11.8 Å². The predicted molar refractivity (Wildman–Crippen MR) is 99.4 cm³/mol. The molecule has 0 amide bonds. The van der Waals surface area contributed by atoms with E-state index in [2.05, 4.69) is 4.74 Å². The second kappa shape index (κ2) is 8.72. The minimum Gasteiger partial charge on any atom is -0.467 e. The van der Waals surface area contributed by atoms with Gasteiger partial charge in [0.25, 0.3) is 0 Å². The zero-order chi connectivity index (χ0) is 21.0. The molecule has 0 N–H and O–H groups in total. The molecule has 0 saturated carbocycles. The van der Waals surface area contributed by atoms with Gasteiger partial charge in [0.05, 0.1) is 12.8 Å². The Morgan fingerprint density at radius 2 is 1.86 bits per heavy atom. The van der Waals surface area contributed by atoms with Gasteiger partial charge in [-0.1, -0.05) is 12.1 Å². The number of nitrogens with zero attached hydrogens (tertiary/aromatic N) is 1. The van der Waals surface area contributed by atoms with Gasteiger partial charge in [0.1, 0.15) is 17.1 Å². The van der Waals surface area contributed by atoms with Crippen molar-refractivity contribution in [2.24, 2.45) is 0 Å². The van der Waals surface area contributed by atoms with Crippen LogP contribution in [0.25, 0.3) is 0 Å². The molecule has 2 heterocycles. The summed E-state index contributed by atoms with van der Waals surface area (Å²) in [5.74, 6) is -0.882. The van der Waals surface area contributed by atoms with Crippen molar-refractivity contribution in [2.45, 2.75) is 27.0 Å². The van der Waals surface area contributed by atoms with Crippen LogP contribution in [0.15, 0.2) is 53.1 Å². The highest BCUT2D eigenvalue weighted by Crippen LogP contribution is 2.22. The number of carbonyl (C=O) groups excluding carboxylic acids is 2. The number of ether oxygens (including phenoxy) is 2. The summed E-state index contributed by atoms with van der Waals surface area (Å²) in [6.45, 7) is 0.515. The largest absolute Gasteiger partial charge is 0.467 e. The Balaban J connectivity index is 1.69. The molecule has 0 radical (unpaired) electrons. The Labute approximate surface area is 165 Å². The van der Waals surface area contributed by atoms with Gasteiger partial charge in [-0.25, -0.2) is 4.79 Å². The fourth-order valence-electron chi connectivity index (χ4n) is 3.01. The topological polar surface area (TPSA) is 70.7 Å². The minimum atomic E-state index is -3.08. The summed E-state index contributed by atoms with van der Waals surface area (Å²) in [6.07, 6.45) is 1.57. The van der Waals surface area contributed by atoms with Gasteiger partial charge in [0, 0.05) is 17.0 Å². The van der Waals surface area contributed by atoms with Crippen LogP contribution in [0.1, 0.15) is 37.9 Å². The van der Waals surface area contributed by atoms with Crippen molar-refractivity contribution in [2.75, 3.05) is 6.61 Å². The molecule has 3 aromatic rings. The third kappa shape index (κ3) is 4.71. The molecule has 0 atom stereocenters. The first-order valence-corrected chi connectivity index (χ1v) is 8.80. The maximum absolute atomic E-state index is 12.6. The minimum absolute atomic E-state index is 0.177. The van der Waals surface area contributed by atoms with Crippen molar-refractivity contribution in [3.63, 3.8) is 0 Å². The number of benzene rings is 1. The Hall–Kier alpha value is -3.42. The van der Waals surface area contributed by atoms with Crippen LogP contribution in [0.4, 0.5) is 8.78 Å². The van der Waals surface area contributed by atoms with Crippen LogP contribution in [-0.4, -0.2) is 29.5 Å². The van der Waals surface area contributed by atoms with E-state index >= 15 is 0 Å². The number of Topliss-reactive ketones (excluding diaryl/α,β-unsaturated/α-hetero) is 1. The molecule has 1 aromatic carbocycles. The number of halogens is 2. The summed E-state index contributed by atoms with van der Waals surface area (Å²) in [5.41, 5.74) is 1.80. The molecule has 152 valence electrons. The van der Waals surface area contributed by atoms with Crippen molar-refractivity contribution in [1.82, 2.24) is 4.57 Å². The number of rotatable bonds is 8. The molecule has 2 aromatic heterocycles. The van der Waals surface area contributed by atoms with E-state index in [1.807, 2.05) is 17.6 Å². The maximum atomic E-state index is 12.6. The van der Waals surface area contributed by atoms with Gasteiger partial charge < -0.3 is 18.5 Å². The van der Waals surface area contributed by atoms with Crippen molar-refractivity contribution < 1.29 is 32.3 Å². The average Bonchev–Trinajstić information content (AvgIpc) is 3.29. The Morgan fingerprint density at radius 1 is 1.10 bits per heavy atom. The van der Waals surface area contributed by atoms with Crippen LogP contribution in [-0.2, 0) is 11.3 Å². The molecule has 0 saturated heterocycles. The second-order valence-corrected chi connectivity index (χ2v) is 6.32. The highest BCUT2D eigenvalue weighted by atomic mass is 19.3. The molecule has 29 heavy (non-hydrogen) atoms. The highest BCUT2D eigenvalue weighted by Gasteiger charge is 2.21. The molecule has 0 bridgehead atoms. The normalized spacial score (nSPS) is 10.9. The van der Waals surface area contributed by atoms with Gasteiger partial charge >= 0.3 is 12.6 Å². The molecular formula is C21H19F2NO5. The fourth-order valence-corrected chi connectivity index (χ4v) is 3.01. The molecule has 0 spiro atoms. The van der Waals surface area contributed by atoms with E-state index in [0.29, 0.717) is 17.8 Å². The first kappa shape index (κ1) is 20.3. The van der Waals surface area contributed by atoms with Crippen molar-refractivity contribution in [3.05, 3.63) is 77.0 Å². The van der Waals surface area contributed by atoms with Crippen LogP contribution in [0.5, 0.6) is 5.75 Å². The average molecular weight is 403 g/mol. The molecule has 6 nitrogen and oxygen atoms in total. The molecule has 8 heteroatoms. The van der Waals surface area contributed by atoms with Crippen LogP contribution < -0.4 is 4.74 Å². The Bertz CT molecular complexity index is 1010. The Kier molecular flexibility index (Phi) is 6.11. The molecular weight excluding hydrogens is 384 g/mol. The summed E-state index contributed by atoms with van der Waals surface area (Å²) in [7, 11) is 0. The third-order valence-corrected chi connectivity index (χ3v) is 4.43. The standard InChI is InChI=1S/C21H19F2NO5/c1-13-10-17(14(2)24(13)11-15-6-5-9-27-15)18(25)12-28-20(26)16-7-3-4-8-19(16)29-21(22)23/h3-10,21H,11-12H2,1-2H3. The van der Waals surface area contributed by atoms with Gasteiger partial charge in [0.15, 0.2) is 6.61 Å². The number of hydrogen-bond acceptors (Lipinski definition) is 5. The number of ketones is 1. The predicted octanol–water partition coefficient (Wildman–Crippen LogP) is 4.39. The van der Waals surface area contributed by atoms with Crippen LogP contribution >= 0.6 is 0 Å². The summed E-state index contributed by atoms with van der Waals surface area (Å²) in [6, 6.07) is 10.8. The lowest BCUT2D eigenvalue weighted by molar-refractivity contribution is -0.0504. The zero-order valence-corrected chi connectivity index (χ0v) is 15.9. The fraction of sp³-hybridized carbons (Fsp3) is 0.238. The molecule has 0 fully saturated rings. The smallest absolute Gasteiger partial charge is 0.387 e. The number of carbonyl (C=O) groups is 2. The third-order valence-electron chi connectivity index (χ3n) is 4.43. The molecule has 3 rings (SSSR count). The quantitative estimate of drug-likeness (QED) is 0.412. The molecule has 0 aliphatic carbocycles. The van der Waals surface area contributed by atoms with E-state index in [1.165, 1.54) is 24.3 Å². The first-order valence-electron chi connectivity index (χ1n) is 8.80. The monoisotopic (exact) mass is 403 g/mol. The van der Waals surface area contributed by atoms with Crippen molar-refractivity contribution in [3.8, 4) is 5.75 Å². The molecule has 0 unspecified atom stereocenters. The summed E-state index contributed by atoms with van der Waals surface area (Å²) < 4.78 is 41.6. The van der Waals surface area contributed by atoms with Gasteiger partial charge in [-0.05, 0) is 44.2 Å². The summed E-state index contributed by atoms with van der Waals surface area (Å²) in [5, 5.41) is 0. The second-order valence-electron chi connectivity index (χ2n) is 6.32. The molecule has 0 aliphatic rings.